The lowest BCUT2D eigenvalue weighted by atomic mass is 10.2. The highest BCUT2D eigenvalue weighted by molar-refractivity contribution is 9.10. The molecule has 0 radical (unpaired) electrons. The third-order valence-electron chi connectivity index (χ3n) is 4.46. The van der Waals surface area contributed by atoms with Gasteiger partial charge in [-0.1, -0.05) is 15.9 Å². The number of hydrogen-bond acceptors (Lipinski definition) is 4. The number of sulfonamides is 1. The van der Waals surface area contributed by atoms with E-state index in [9.17, 15) is 8.42 Å². The van der Waals surface area contributed by atoms with Gasteiger partial charge in [-0.05, 0) is 42.9 Å². The van der Waals surface area contributed by atoms with Gasteiger partial charge in [0.1, 0.15) is 0 Å². The van der Waals surface area contributed by atoms with Gasteiger partial charge in [-0.25, -0.2) is 8.42 Å². The Morgan fingerprint density at radius 2 is 1.95 bits per heavy atom. The molecule has 0 amide bonds. The number of nitrogens with zero attached hydrogens (tertiary/aromatic N) is 2. The summed E-state index contributed by atoms with van der Waals surface area (Å²) < 4.78 is 28.1. The van der Waals surface area contributed by atoms with Crippen LogP contribution in [0, 0.1) is 6.92 Å². The Kier molecular flexibility index (Phi) is 5.19. The molecule has 22 heavy (non-hydrogen) atoms. The lowest BCUT2D eigenvalue weighted by Gasteiger charge is -2.37. The summed E-state index contributed by atoms with van der Waals surface area (Å²) in [5.74, 6) is 2.43. The lowest BCUT2D eigenvalue weighted by Crippen LogP contribution is -2.51. The highest BCUT2D eigenvalue weighted by Crippen LogP contribution is 2.26. The van der Waals surface area contributed by atoms with E-state index in [0.29, 0.717) is 24.0 Å². The number of piperazine rings is 1. The molecule has 0 aromatic heterocycles. The van der Waals surface area contributed by atoms with Crippen LogP contribution >= 0.6 is 27.7 Å². The molecule has 2 aliphatic heterocycles. The normalized spacial score (nSPS) is 24.7. The van der Waals surface area contributed by atoms with Gasteiger partial charge in [0.15, 0.2) is 0 Å². The molecular formula is C15H21BrN2O2S2. The summed E-state index contributed by atoms with van der Waals surface area (Å²) in [6.07, 6.45) is 1.24. The van der Waals surface area contributed by atoms with Crippen LogP contribution in [0.3, 0.4) is 0 Å². The predicted molar refractivity (Wildman–Crippen MR) is 94.9 cm³/mol. The Balaban J connectivity index is 1.70. The van der Waals surface area contributed by atoms with Crippen molar-refractivity contribution in [2.75, 3.05) is 37.7 Å². The Labute approximate surface area is 145 Å². The predicted octanol–water partition coefficient (Wildman–Crippen LogP) is 2.57. The molecule has 2 heterocycles. The second kappa shape index (κ2) is 6.81. The maximum Gasteiger partial charge on any atom is 0.243 e. The molecule has 0 unspecified atom stereocenters. The van der Waals surface area contributed by atoms with Crippen molar-refractivity contribution in [1.29, 1.82) is 0 Å². The molecule has 122 valence electrons. The number of rotatable bonds is 3. The van der Waals surface area contributed by atoms with E-state index in [4.69, 9.17) is 0 Å². The van der Waals surface area contributed by atoms with Crippen LogP contribution in [0.15, 0.2) is 27.6 Å². The second-order valence-electron chi connectivity index (χ2n) is 5.87. The molecule has 7 heteroatoms. The standard InChI is InChI=1S/C15H21BrN2O2S2/c1-12-10-14(2-3-15(12)16)22(19,20)18-7-5-17(6-8-18)13-4-9-21-11-13/h2-3,10,13H,4-9,11H2,1H3/t13-/m0/s1. The quantitative estimate of drug-likeness (QED) is 0.775. The fourth-order valence-electron chi connectivity index (χ4n) is 3.05. The summed E-state index contributed by atoms with van der Waals surface area (Å²) >= 11 is 5.42. The maximum absolute atomic E-state index is 12.8. The van der Waals surface area contributed by atoms with Crippen molar-refractivity contribution in [2.24, 2.45) is 0 Å². The number of halogens is 1. The van der Waals surface area contributed by atoms with Gasteiger partial charge in [0.05, 0.1) is 4.90 Å². The summed E-state index contributed by atoms with van der Waals surface area (Å²) in [7, 11) is -3.37. The Morgan fingerprint density at radius 1 is 1.23 bits per heavy atom. The Morgan fingerprint density at radius 3 is 2.55 bits per heavy atom. The zero-order chi connectivity index (χ0) is 15.7. The Hall–Kier alpha value is -0.0800. The van der Waals surface area contributed by atoms with Crippen molar-refractivity contribution in [1.82, 2.24) is 9.21 Å². The third kappa shape index (κ3) is 3.38. The number of benzene rings is 1. The van der Waals surface area contributed by atoms with E-state index < -0.39 is 10.0 Å². The summed E-state index contributed by atoms with van der Waals surface area (Å²) in [5, 5.41) is 0. The number of aryl methyl sites for hydroxylation is 1. The van der Waals surface area contributed by atoms with Crippen molar-refractivity contribution in [2.45, 2.75) is 24.3 Å². The Bertz CT molecular complexity index is 637. The summed E-state index contributed by atoms with van der Waals surface area (Å²) in [5.41, 5.74) is 0.947. The van der Waals surface area contributed by atoms with Crippen LogP contribution in [0.2, 0.25) is 0 Å². The van der Waals surface area contributed by atoms with E-state index in [2.05, 4.69) is 20.8 Å². The van der Waals surface area contributed by atoms with Gasteiger partial charge in [0, 0.05) is 42.4 Å². The molecule has 2 aliphatic rings. The molecule has 3 rings (SSSR count). The van der Waals surface area contributed by atoms with E-state index >= 15 is 0 Å². The van der Waals surface area contributed by atoms with Gasteiger partial charge in [-0.15, -0.1) is 0 Å². The maximum atomic E-state index is 12.8. The van der Waals surface area contributed by atoms with Gasteiger partial charge < -0.3 is 0 Å². The minimum Gasteiger partial charge on any atom is -0.297 e. The minimum atomic E-state index is -3.37. The van der Waals surface area contributed by atoms with E-state index in [0.717, 1.165) is 23.1 Å². The van der Waals surface area contributed by atoms with Crippen LogP contribution in [0.5, 0.6) is 0 Å². The van der Waals surface area contributed by atoms with Gasteiger partial charge in [0.2, 0.25) is 10.0 Å². The first kappa shape index (κ1) is 16.8. The van der Waals surface area contributed by atoms with E-state index in [1.54, 1.807) is 16.4 Å². The summed E-state index contributed by atoms with van der Waals surface area (Å²) in [4.78, 5) is 2.86. The molecule has 1 aromatic rings. The van der Waals surface area contributed by atoms with Crippen molar-refractivity contribution in [3.8, 4) is 0 Å². The van der Waals surface area contributed by atoms with Gasteiger partial charge in [-0.2, -0.15) is 16.1 Å². The van der Waals surface area contributed by atoms with Crippen LogP contribution in [-0.2, 0) is 10.0 Å². The molecule has 0 aliphatic carbocycles. The van der Waals surface area contributed by atoms with E-state index in [1.807, 2.05) is 24.8 Å². The topological polar surface area (TPSA) is 40.6 Å². The SMILES string of the molecule is Cc1cc(S(=O)(=O)N2CCN([C@H]3CCSC3)CC2)ccc1Br. The molecule has 1 atom stereocenters. The highest BCUT2D eigenvalue weighted by atomic mass is 79.9. The van der Waals surface area contributed by atoms with Crippen molar-refractivity contribution in [3.63, 3.8) is 0 Å². The average Bonchev–Trinajstić information content (AvgIpc) is 3.04. The molecule has 4 nitrogen and oxygen atoms in total. The van der Waals surface area contributed by atoms with Crippen molar-refractivity contribution in [3.05, 3.63) is 28.2 Å². The summed E-state index contributed by atoms with van der Waals surface area (Å²) in [6, 6.07) is 5.89. The molecule has 2 fully saturated rings. The minimum absolute atomic E-state index is 0.401. The number of hydrogen-bond donors (Lipinski definition) is 0. The zero-order valence-electron chi connectivity index (χ0n) is 12.7. The largest absolute Gasteiger partial charge is 0.297 e. The van der Waals surface area contributed by atoms with E-state index in [1.165, 1.54) is 17.9 Å². The van der Waals surface area contributed by atoms with Crippen LogP contribution in [0.4, 0.5) is 0 Å². The van der Waals surface area contributed by atoms with Crippen LogP contribution < -0.4 is 0 Å². The first-order valence-corrected chi connectivity index (χ1v) is 11.0. The lowest BCUT2D eigenvalue weighted by molar-refractivity contribution is 0.148. The number of thioether (sulfide) groups is 1. The molecule has 0 saturated carbocycles. The first-order chi connectivity index (χ1) is 10.5. The van der Waals surface area contributed by atoms with Crippen LogP contribution in [0.25, 0.3) is 0 Å². The van der Waals surface area contributed by atoms with Gasteiger partial charge in [0.25, 0.3) is 0 Å². The van der Waals surface area contributed by atoms with Gasteiger partial charge >= 0.3 is 0 Å². The smallest absolute Gasteiger partial charge is 0.243 e. The summed E-state index contributed by atoms with van der Waals surface area (Å²) in [6.45, 7) is 4.80. The molecule has 0 bridgehead atoms. The molecule has 2 saturated heterocycles. The fourth-order valence-corrected chi connectivity index (χ4v) is 6.06. The molecule has 0 spiro atoms. The molecular weight excluding hydrogens is 384 g/mol. The third-order valence-corrected chi connectivity index (χ3v) is 8.39. The monoisotopic (exact) mass is 404 g/mol. The van der Waals surface area contributed by atoms with Crippen molar-refractivity contribution >= 4 is 37.7 Å². The zero-order valence-corrected chi connectivity index (χ0v) is 15.9. The van der Waals surface area contributed by atoms with Crippen LogP contribution in [-0.4, -0.2) is 61.3 Å². The van der Waals surface area contributed by atoms with E-state index in [-0.39, 0.29) is 0 Å². The van der Waals surface area contributed by atoms with Crippen LogP contribution in [0.1, 0.15) is 12.0 Å². The molecule has 0 N–H and O–H groups in total. The van der Waals surface area contributed by atoms with Gasteiger partial charge in [-0.3, -0.25) is 4.90 Å². The highest BCUT2D eigenvalue weighted by Gasteiger charge is 2.32. The van der Waals surface area contributed by atoms with Crippen molar-refractivity contribution < 1.29 is 8.42 Å². The first-order valence-electron chi connectivity index (χ1n) is 7.56. The molecule has 1 aromatic carbocycles. The fraction of sp³-hybridized carbons (Fsp3) is 0.600. The second-order valence-corrected chi connectivity index (χ2v) is 9.81. The average molecular weight is 405 g/mol.